The second kappa shape index (κ2) is 11.9. The molecular weight excluding hydrogens is 438 g/mol. The minimum atomic E-state index is -0.449. The van der Waals surface area contributed by atoms with Crippen LogP contribution in [0.2, 0.25) is 5.02 Å². The Morgan fingerprint density at radius 1 is 1.06 bits per heavy atom. The molecule has 3 fully saturated rings. The van der Waals surface area contributed by atoms with Crippen LogP contribution in [0.5, 0.6) is 0 Å². The molecule has 1 aromatic rings. The van der Waals surface area contributed by atoms with Crippen LogP contribution in [0, 0.1) is 0 Å². The lowest BCUT2D eigenvalue weighted by atomic mass is 9.93. The lowest BCUT2D eigenvalue weighted by Crippen LogP contribution is -2.65. The summed E-state index contributed by atoms with van der Waals surface area (Å²) in [5, 5.41) is 0.784. The van der Waals surface area contributed by atoms with Crippen molar-refractivity contribution in [2.24, 2.45) is 0 Å². The smallest absolute Gasteiger partial charge is 0.410 e. The summed E-state index contributed by atoms with van der Waals surface area (Å²) in [6.45, 7) is 16.1. The second-order valence-corrected chi connectivity index (χ2v) is 10.5. The van der Waals surface area contributed by atoms with Gasteiger partial charge < -0.3 is 14.4 Å². The van der Waals surface area contributed by atoms with E-state index in [0.717, 1.165) is 70.2 Å². The van der Waals surface area contributed by atoms with E-state index in [1.165, 1.54) is 5.56 Å². The zero-order valence-corrected chi connectivity index (χ0v) is 21.8. The van der Waals surface area contributed by atoms with E-state index in [0.29, 0.717) is 18.1 Å². The van der Waals surface area contributed by atoms with E-state index in [-0.39, 0.29) is 6.09 Å². The van der Waals surface area contributed by atoms with Gasteiger partial charge in [0.15, 0.2) is 0 Å². The maximum Gasteiger partial charge on any atom is 0.410 e. The van der Waals surface area contributed by atoms with Crippen molar-refractivity contribution in [1.29, 1.82) is 0 Å². The molecule has 0 spiro atoms. The number of hydrogen-bond donors (Lipinski definition) is 0. The first-order valence-corrected chi connectivity index (χ1v) is 13.0. The van der Waals surface area contributed by atoms with Crippen molar-refractivity contribution in [3.05, 3.63) is 34.9 Å². The lowest BCUT2D eigenvalue weighted by molar-refractivity contribution is -0.0803. The zero-order chi connectivity index (χ0) is 24.0. The fraction of sp³-hybridized carbons (Fsp3) is 0.731. The summed E-state index contributed by atoms with van der Waals surface area (Å²) in [4.78, 5) is 19.7. The number of likely N-dealkylation sites (tertiary alicyclic amines) is 1. The van der Waals surface area contributed by atoms with Gasteiger partial charge in [0.25, 0.3) is 0 Å². The number of ether oxygens (including phenoxy) is 2. The highest BCUT2D eigenvalue weighted by Crippen LogP contribution is 2.28. The lowest BCUT2D eigenvalue weighted by Gasteiger charge is -2.52. The standard InChI is InChI=1S/C24H36ClN3O3.C2H6/c1-24(2,3)31-23(29)26-10-8-20(9-11-26)28-16-22-17-30-13-12-27(22)15-21(28)14-18-4-6-19(25)7-5-18;1-2/h4-7,20-22H,8-17H2,1-3H3;1-2H3. The zero-order valence-electron chi connectivity index (χ0n) is 21.1. The first-order chi connectivity index (χ1) is 15.8. The molecule has 0 N–H and O–H groups in total. The van der Waals surface area contributed by atoms with Gasteiger partial charge in [0.2, 0.25) is 0 Å². The van der Waals surface area contributed by atoms with Crippen molar-refractivity contribution < 1.29 is 14.3 Å². The number of amides is 1. The van der Waals surface area contributed by atoms with Gasteiger partial charge in [-0.05, 0) is 57.7 Å². The van der Waals surface area contributed by atoms with Gasteiger partial charge in [0.05, 0.1) is 13.2 Å². The number of halogens is 1. The van der Waals surface area contributed by atoms with Gasteiger partial charge >= 0.3 is 6.09 Å². The monoisotopic (exact) mass is 479 g/mol. The number of morpholine rings is 1. The number of hydrogen-bond acceptors (Lipinski definition) is 5. The molecule has 2 unspecified atom stereocenters. The third-order valence-electron chi connectivity index (χ3n) is 6.66. The van der Waals surface area contributed by atoms with Crippen LogP contribution in [0.4, 0.5) is 4.79 Å². The molecule has 1 aromatic carbocycles. The van der Waals surface area contributed by atoms with Gasteiger partial charge in [0.1, 0.15) is 5.60 Å². The van der Waals surface area contributed by atoms with Crippen LogP contribution in [0.15, 0.2) is 24.3 Å². The molecule has 7 heteroatoms. The minimum Gasteiger partial charge on any atom is -0.444 e. The largest absolute Gasteiger partial charge is 0.444 e. The van der Waals surface area contributed by atoms with Gasteiger partial charge in [-0.3, -0.25) is 9.80 Å². The summed E-state index contributed by atoms with van der Waals surface area (Å²) in [7, 11) is 0. The molecule has 3 aliphatic heterocycles. The third-order valence-corrected chi connectivity index (χ3v) is 6.91. The van der Waals surface area contributed by atoms with E-state index in [2.05, 4.69) is 21.9 Å². The number of piperazine rings is 1. The Labute approximate surface area is 205 Å². The Bertz CT molecular complexity index is 744. The molecule has 0 bridgehead atoms. The van der Waals surface area contributed by atoms with Gasteiger partial charge in [-0.1, -0.05) is 37.6 Å². The topological polar surface area (TPSA) is 45.3 Å². The average molecular weight is 480 g/mol. The van der Waals surface area contributed by atoms with Crippen molar-refractivity contribution in [3.63, 3.8) is 0 Å². The maximum absolute atomic E-state index is 12.5. The van der Waals surface area contributed by atoms with E-state index in [1.807, 2.05) is 51.7 Å². The molecular formula is C26H42ClN3O3. The van der Waals surface area contributed by atoms with Crippen molar-refractivity contribution in [3.8, 4) is 0 Å². The highest BCUT2D eigenvalue weighted by Gasteiger charge is 2.40. The van der Waals surface area contributed by atoms with E-state index < -0.39 is 5.60 Å². The van der Waals surface area contributed by atoms with Crippen LogP contribution in [-0.4, -0.2) is 90.5 Å². The number of nitrogens with zero attached hydrogens (tertiary/aromatic N) is 3. The van der Waals surface area contributed by atoms with Crippen molar-refractivity contribution in [1.82, 2.24) is 14.7 Å². The van der Waals surface area contributed by atoms with Crippen LogP contribution < -0.4 is 0 Å². The van der Waals surface area contributed by atoms with Crippen LogP contribution in [0.1, 0.15) is 53.0 Å². The molecule has 33 heavy (non-hydrogen) atoms. The van der Waals surface area contributed by atoms with Crippen LogP contribution in [-0.2, 0) is 15.9 Å². The maximum atomic E-state index is 12.5. The van der Waals surface area contributed by atoms with Crippen LogP contribution in [0.25, 0.3) is 0 Å². The minimum absolute atomic E-state index is 0.186. The number of carbonyl (C=O) groups is 1. The van der Waals surface area contributed by atoms with Crippen molar-refractivity contribution >= 4 is 17.7 Å². The third kappa shape index (κ3) is 7.32. The van der Waals surface area contributed by atoms with E-state index in [4.69, 9.17) is 21.1 Å². The average Bonchev–Trinajstić information content (AvgIpc) is 2.80. The van der Waals surface area contributed by atoms with Crippen LogP contribution in [0.3, 0.4) is 0 Å². The Morgan fingerprint density at radius 3 is 2.36 bits per heavy atom. The number of piperidine rings is 1. The first-order valence-electron chi connectivity index (χ1n) is 12.6. The molecule has 186 valence electrons. The number of rotatable bonds is 3. The van der Waals surface area contributed by atoms with E-state index >= 15 is 0 Å². The number of carbonyl (C=O) groups excluding carboxylic acids is 1. The van der Waals surface area contributed by atoms with E-state index in [9.17, 15) is 4.79 Å². The normalized spacial score (nSPS) is 25.1. The van der Waals surface area contributed by atoms with Gasteiger partial charge in [-0.2, -0.15) is 0 Å². The quantitative estimate of drug-likeness (QED) is 0.629. The highest BCUT2D eigenvalue weighted by molar-refractivity contribution is 6.30. The number of fused-ring (bicyclic) bond motifs is 1. The summed E-state index contributed by atoms with van der Waals surface area (Å²) in [6.07, 6.45) is 2.82. The highest BCUT2D eigenvalue weighted by atomic mass is 35.5. The molecule has 0 saturated carbocycles. The summed E-state index contributed by atoms with van der Waals surface area (Å²) >= 11 is 6.10. The van der Waals surface area contributed by atoms with Crippen molar-refractivity contribution in [2.45, 2.75) is 77.6 Å². The molecule has 0 aromatic heterocycles. The van der Waals surface area contributed by atoms with Gasteiger partial charge in [-0.15, -0.1) is 0 Å². The summed E-state index contributed by atoms with van der Waals surface area (Å²) < 4.78 is 11.4. The summed E-state index contributed by atoms with van der Waals surface area (Å²) in [5.41, 5.74) is 0.881. The fourth-order valence-corrected chi connectivity index (χ4v) is 5.22. The van der Waals surface area contributed by atoms with Gasteiger partial charge in [0, 0.05) is 55.9 Å². The second-order valence-electron chi connectivity index (χ2n) is 10.1. The summed E-state index contributed by atoms with van der Waals surface area (Å²) in [6, 6.07) is 9.70. The Kier molecular flexibility index (Phi) is 9.45. The predicted molar refractivity (Wildman–Crippen MR) is 134 cm³/mol. The van der Waals surface area contributed by atoms with Crippen molar-refractivity contribution in [2.75, 3.05) is 45.9 Å². The fourth-order valence-electron chi connectivity index (χ4n) is 5.09. The van der Waals surface area contributed by atoms with Crippen LogP contribution >= 0.6 is 11.6 Å². The molecule has 3 heterocycles. The molecule has 4 rings (SSSR count). The molecule has 0 aliphatic carbocycles. The molecule has 2 atom stereocenters. The predicted octanol–water partition coefficient (Wildman–Crippen LogP) is 4.69. The molecule has 1 amide bonds. The Hall–Kier alpha value is -1.34. The van der Waals surface area contributed by atoms with Gasteiger partial charge in [-0.25, -0.2) is 4.79 Å². The van der Waals surface area contributed by atoms with E-state index in [1.54, 1.807) is 0 Å². The SMILES string of the molecule is CC.CC(C)(C)OC(=O)N1CCC(N2CC3COCCN3CC2Cc2ccc(Cl)cc2)CC1. The Balaban J connectivity index is 0.00000149. The first kappa shape index (κ1) is 26.3. The summed E-state index contributed by atoms with van der Waals surface area (Å²) in [5.74, 6) is 0. The molecule has 3 saturated heterocycles. The Morgan fingerprint density at radius 2 is 1.73 bits per heavy atom. The molecule has 3 aliphatic rings. The molecule has 0 radical (unpaired) electrons. The molecule has 6 nitrogen and oxygen atoms in total. The number of benzene rings is 1.